The Morgan fingerprint density at radius 2 is 1.02 bits per heavy atom. The number of esters is 1. The maximum absolute atomic E-state index is 13.1. The van der Waals surface area contributed by atoms with Crippen molar-refractivity contribution in [1.82, 2.24) is 0 Å². The summed E-state index contributed by atoms with van der Waals surface area (Å²) >= 11 is -2.17. The van der Waals surface area contributed by atoms with Gasteiger partial charge in [-0.15, -0.1) is 0 Å². The number of benzene rings is 4. The second-order valence-corrected chi connectivity index (χ2v) is 22.1. The van der Waals surface area contributed by atoms with E-state index in [1.165, 1.54) is 12.1 Å². The molecule has 4 aromatic carbocycles. The summed E-state index contributed by atoms with van der Waals surface area (Å²) in [6.45, 7) is -3.26. The van der Waals surface area contributed by atoms with Gasteiger partial charge in [-0.3, -0.25) is 0 Å². The van der Waals surface area contributed by atoms with E-state index in [0.29, 0.717) is 0 Å². The quantitative estimate of drug-likeness (QED) is 0.0604. The Kier molecular flexibility index (Phi) is 13.5. The van der Waals surface area contributed by atoms with Gasteiger partial charge in [0.05, 0.1) is 30.9 Å². The molecule has 9 atom stereocenters. The van der Waals surface area contributed by atoms with Crippen LogP contribution in [0, 0.1) is 0 Å². The third-order valence-electron chi connectivity index (χ3n) is 9.31. The van der Waals surface area contributed by atoms with Crippen molar-refractivity contribution in [3.8, 4) is 0 Å². The number of hydrogen-bond acceptors (Lipinski definition) is 13. The first-order valence-corrected chi connectivity index (χ1v) is 22.5. The molecule has 2 aliphatic rings. The van der Waals surface area contributed by atoms with Crippen molar-refractivity contribution in [2.75, 3.05) is 19.8 Å². The van der Waals surface area contributed by atoms with Gasteiger partial charge in [0.2, 0.25) is 0 Å². The first kappa shape index (κ1) is 40.5. The number of aromatic carboxylic acids is 1. The molecule has 2 saturated heterocycles. The second kappa shape index (κ2) is 17.7. The number of aliphatic hydroxyl groups is 8. The van der Waals surface area contributed by atoms with Crippen LogP contribution in [0.1, 0.15) is 20.7 Å². The minimum atomic E-state index is -3.12. The summed E-state index contributed by atoms with van der Waals surface area (Å²) in [4.78, 5) is 24.7. The summed E-state index contributed by atoms with van der Waals surface area (Å²) < 4.78 is 20.8. The fraction of sp³-hybridized carbons (Fsp3) is 0.316. The molecule has 0 aromatic heterocycles. The Hall–Kier alpha value is -3.66. The van der Waals surface area contributed by atoms with Crippen molar-refractivity contribution in [3.63, 3.8) is 0 Å². The number of aliphatic hydroxyl groups excluding tert-OH is 8. The summed E-state index contributed by atoms with van der Waals surface area (Å²) in [7, 11) is 0. The average Bonchev–Trinajstić information content (AvgIpc) is 3.45. The third kappa shape index (κ3) is 7.94. The van der Waals surface area contributed by atoms with Gasteiger partial charge < -0.3 is 60.2 Å². The van der Waals surface area contributed by atoms with Crippen molar-refractivity contribution in [2.45, 2.75) is 54.1 Å². The minimum absolute atomic E-state index is 0.536. The fourth-order valence-electron chi connectivity index (χ4n) is 6.58. The number of rotatable bonds is 10. The van der Waals surface area contributed by atoms with Crippen LogP contribution in [0.4, 0.5) is 0 Å². The molecule has 1 radical (unpaired) electrons. The van der Waals surface area contributed by atoms with Crippen LogP contribution in [0.3, 0.4) is 0 Å². The number of carbonyl (C=O) groups excluding carboxylic acids is 1. The van der Waals surface area contributed by atoms with E-state index in [0.717, 1.165) is 12.1 Å². The van der Waals surface area contributed by atoms with E-state index in [-0.39, 0.29) is 0 Å². The van der Waals surface area contributed by atoms with E-state index >= 15 is 0 Å². The van der Waals surface area contributed by atoms with E-state index in [1.807, 2.05) is 0 Å². The topological polar surface area (TPSA) is 244 Å². The van der Waals surface area contributed by atoms with Gasteiger partial charge in [-0.2, -0.15) is 0 Å². The van der Waals surface area contributed by atoms with Crippen LogP contribution < -0.4 is 9.37 Å². The molecule has 15 heteroatoms. The van der Waals surface area contributed by atoms with E-state index in [1.54, 1.807) is 9.37 Å². The Labute approximate surface area is 312 Å². The number of ether oxygens (including phenoxy) is 3. The summed E-state index contributed by atoms with van der Waals surface area (Å²) in [6, 6.07) is 37.7. The SMILES string of the molecule is O=C(O)c1ccccc1C(=O)O[C@@]1([C@@]2(CO)O[C@H](CO)[C@@H](O)[C@@H]2O)O[C@H](CO)[C@@H](O)[C@H](O)[C@H]1O.c1cc[c]([Pb]([c]2ccccc2)[c]2ccccc2)cc1. The molecule has 6 rings (SSSR count). The molecule has 2 heterocycles. The van der Waals surface area contributed by atoms with Gasteiger partial charge in [0.15, 0.2) is 11.7 Å². The molecule has 2 fully saturated rings. The van der Waals surface area contributed by atoms with Gasteiger partial charge in [0.25, 0.3) is 5.79 Å². The molecule has 0 bridgehead atoms. The summed E-state index contributed by atoms with van der Waals surface area (Å²) in [5.41, 5.74) is -3.88. The van der Waals surface area contributed by atoms with Crippen molar-refractivity contribution in [3.05, 3.63) is 126 Å². The first-order valence-electron chi connectivity index (χ1n) is 16.6. The van der Waals surface area contributed by atoms with E-state index in [2.05, 4.69) is 91.0 Å². The van der Waals surface area contributed by atoms with Gasteiger partial charge >= 0.3 is 135 Å². The zero-order chi connectivity index (χ0) is 38.3. The van der Waals surface area contributed by atoms with Crippen molar-refractivity contribution < 1.29 is 69.8 Å². The van der Waals surface area contributed by atoms with Gasteiger partial charge in [-0.25, -0.2) is 9.59 Å². The molecular formula is C38H41O14Pb. The van der Waals surface area contributed by atoms with E-state index in [4.69, 9.17) is 14.2 Å². The number of carboxylic acid groups (broad SMARTS) is 1. The molecule has 281 valence electrons. The van der Waals surface area contributed by atoms with Gasteiger partial charge in [0.1, 0.15) is 36.6 Å². The van der Waals surface area contributed by atoms with Crippen molar-refractivity contribution in [2.24, 2.45) is 0 Å². The van der Waals surface area contributed by atoms with Gasteiger partial charge in [0, 0.05) is 0 Å². The Morgan fingerprint density at radius 1 is 0.585 bits per heavy atom. The molecule has 53 heavy (non-hydrogen) atoms. The molecule has 9 N–H and O–H groups in total. The Morgan fingerprint density at radius 3 is 1.43 bits per heavy atom. The fourth-order valence-corrected chi connectivity index (χ4v) is 16.6. The Balaban J connectivity index is 0.000000239. The molecule has 0 aliphatic carbocycles. The first-order chi connectivity index (χ1) is 25.5. The maximum atomic E-state index is 13.1. The van der Waals surface area contributed by atoms with Gasteiger partial charge in [-0.1, -0.05) is 12.1 Å². The van der Waals surface area contributed by atoms with E-state index in [9.17, 15) is 55.5 Å². The third-order valence-corrected chi connectivity index (χ3v) is 19.9. The molecule has 2 aliphatic heterocycles. The summed E-state index contributed by atoms with van der Waals surface area (Å²) in [5.74, 6) is -6.14. The van der Waals surface area contributed by atoms with Crippen LogP contribution in [0.25, 0.3) is 0 Å². The van der Waals surface area contributed by atoms with Crippen LogP contribution >= 0.6 is 0 Å². The summed E-state index contributed by atoms with van der Waals surface area (Å²) in [5, 5.41) is 91.3. The number of carboxylic acids is 1. The molecule has 0 amide bonds. The Bertz CT molecular complexity index is 1700. The second-order valence-electron chi connectivity index (χ2n) is 12.5. The number of carbonyl (C=O) groups is 2. The van der Waals surface area contributed by atoms with Crippen LogP contribution in [-0.4, -0.2) is 155 Å². The molecule has 14 nitrogen and oxygen atoms in total. The molecule has 4 aromatic rings. The van der Waals surface area contributed by atoms with Gasteiger partial charge in [-0.05, 0) is 12.1 Å². The predicted octanol–water partition coefficient (Wildman–Crippen LogP) is -2.24. The zero-order valence-electron chi connectivity index (χ0n) is 28.2. The zero-order valence-corrected chi connectivity index (χ0v) is 32.1. The van der Waals surface area contributed by atoms with Crippen LogP contribution in [0.5, 0.6) is 0 Å². The van der Waals surface area contributed by atoms with Crippen LogP contribution in [-0.2, 0) is 14.2 Å². The number of hydrogen-bond donors (Lipinski definition) is 9. The molecule has 0 spiro atoms. The summed E-state index contributed by atoms with van der Waals surface area (Å²) in [6.07, 6.45) is -14.1. The molecule has 0 unspecified atom stereocenters. The van der Waals surface area contributed by atoms with Crippen LogP contribution in [0.15, 0.2) is 115 Å². The van der Waals surface area contributed by atoms with Crippen LogP contribution in [0.2, 0.25) is 0 Å². The molecule has 0 saturated carbocycles. The van der Waals surface area contributed by atoms with Crippen molar-refractivity contribution >= 4 is 44.0 Å². The average molecular weight is 929 g/mol. The standard InChI is InChI=1S/C20H26O14.3C6H5.Pb/c21-5-10-12(24)14(26)16(28)20(33-10,19(7-23)15(27)13(25)11(6-22)32-19)34-18(31)9-4-2-1-3-8(9)17(29)30;3*1-2-4-6-5-3-1;/h1-4,10-16,21-28H,5-7H2,(H,29,30);3*1-5H;/t10-,11-,12-,13-,14+,15+,16-,19+,20+;;;;/m1..../s1. The van der Waals surface area contributed by atoms with E-state index < -0.39 is 120 Å². The normalized spacial score (nSPS) is 29.6. The predicted molar refractivity (Wildman–Crippen MR) is 189 cm³/mol. The molecular weight excluding hydrogens is 888 g/mol. The monoisotopic (exact) mass is 929 g/mol. The van der Waals surface area contributed by atoms with Crippen molar-refractivity contribution in [1.29, 1.82) is 0 Å².